The molecule has 0 bridgehead atoms. The van der Waals surface area contributed by atoms with Crippen LogP contribution < -0.4 is 0 Å². The minimum atomic E-state index is 0.0163. The van der Waals surface area contributed by atoms with E-state index in [1.165, 1.54) is 18.3 Å². The first-order valence-corrected chi connectivity index (χ1v) is 7.74. The molecule has 1 aromatic carbocycles. The largest absolute Gasteiger partial charge is 0.391 e. The van der Waals surface area contributed by atoms with Crippen LogP contribution in [0.4, 0.5) is 0 Å². The van der Waals surface area contributed by atoms with Gasteiger partial charge in [-0.3, -0.25) is 0 Å². The summed E-state index contributed by atoms with van der Waals surface area (Å²) < 4.78 is 1.63. The number of nitrogens with zero attached hydrogens (tertiary/aromatic N) is 4. The molecule has 5 heteroatoms. The average molecular weight is 300 g/mol. The van der Waals surface area contributed by atoms with E-state index in [2.05, 4.69) is 41.2 Å². The Hall–Kier alpha value is -2.17. The molecular weight excluding hydrogens is 276 g/mol. The molecule has 0 radical (unpaired) electrons. The normalized spacial score (nSPS) is 12.2. The van der Waals surface area contributed by atoms with Gasteiger partial charge in [-0.1, -0.05) is 37.2 Å². The van der Waals surface area contributed by atoms with Crippen molar-refractivity contribution in [1.29, 1.82) is 0 Å². The van der Waals surface area contributed by atoms with Gasteiger partial charge in [0.05, 0.1) is 0 Å². The lowest BCUT2D eigenvalue weighted by Gasteiger charge is -2.10. The summed E-state index contributed by atoms with van der Waals surface area (Å²) in [5.74, 6) is 1.34. The summed E-state index contributed by atoms with van der Waals surface area (Å²) in [6, 6.07) is 8.36. The van der Waals surface area contributed by atoms with Gasteiger partial charge >= 0.3 is 0 Å². The Bertz CT molecular complexity index is 603. The van der Waals surface area contributed by atoms with Crippen LogP contribution in [0.3, 0.4) is 0 Å². The van der Waals surface area contributed by atoms with Crippen LogP contribution >= 0.6 is 0 Å². The van der Waals surface area contributed by atoms with Crippen molar-refractivity contribution in [1.82, 2.24) is 14.8 Å². The Labute approximate surface area is 132 Å². The van der Waals surface area contributed by atoms with Crippen molar-refractivity contribution in [2.45, 2.75) is 46.6 Å². The first-order chi connectivity index (χ1) is 10.6. The number of rotatable bonds is 6. The van der Waals surface area contributed by atoms with Gasteiger partial charge in [-0.15, -0.1) is 0 Å². The maximum atomic E-state index is 5.42. The van der Waals surface area contributed by atoms with E-state index in [4.69, 9.17) is 4.84 Å². The molecule has 0 fully saturated rings. The SMILES string of the molecule is CC(C)CCc1cccc(/C(=N\OC(C)C)n2cncn2)c1. The average Bonchev–Trinajstić information content (AvgIpc) is 2.99. The van der Waals surface area contributed by atoms with Gasteiger partial charge in [0, 0.05) is 5.56 Å². The Morgan fingerprint density at radius 3 is 2.73 bits per heavy atom. The molecular formula is C17H24N4O. The number of aryl methyl sites for hydroxylation is 1. The second-order valence-electron chi connectivity index (χ2n) is 6.04. The van der Waals surface area contributed by atoms with Gasteiger partial charge < -0.3 is 4.84 Å². The van der Waals surface area contributed by atoms with E-state index < -0.39 is 0 Å². The molecule has 0 aliphatic carbocycles. The topological polar surface area (TPSA) is 52.3 Å². The summed E-state index contributed by atoms with van der Waals surface area (Å²) in [7, 11) is 0. The second kappa shape index (κ2) is 7.73. The molecule has 0 aliphatic heterocycles. The van der Waals surface area contributed by atoms with Gasteiger partial charge in [0.1, 0.15) is 18.8 Å². The zero-order valence-corrected chi connectivity index (χ0v) is 13.7. The Morgan fingerprint density at radius 2 is 2.09 bits per heavy atom. The van der Waals surface area contributed by atoms with Crippen molar-refractivity contribution in [3.8, 4) is 0 Å². The van der Waals surface area contributed by atoms with E-state index in [1.54, 1.807) is 11.0 Å². The molecule has 0 amide bonds. The molecule has 0 unspecified atom stereocenters. The molecule has 0 aliphatic rings. The van der Waals surface area contributed by atoms with Crippen molar-refractivity contribution >= 4 is 5.84 Å². The van der Waals surface area contributed by atoms with Crippen molar-refractivity contribution in [2.24, 2.45) is 11.1 Å². The lowest BCUT2D eigenvalue weighted by Crippen LogP contribution is -2.16. The second-order valence-corrected chi connectivity index (χ2v) is 6.04. The molecule has 1 aromatic heterocycles. The van der Waals surface area contributed by atoms with Crippen LogP contribution in [0, 0.1) is 5.92 Å². The molecule has 2 aromatic rings. The molecule has 22 heavy (non-hydrogen) atoms. The third-order valence-corrected chi connectivity index (χ3v) is 3.18. The Kier molecular flexibility index (Phi) is 5.69. The molecule has 118 valence electrons. The van der Waals surface area contributed by atoms with Gasteiger partial charge in [0.25, 0.3) is 0 Å². The fraction of sp³-hybridized carbons (Fsp3) is 0.471. The summed E-state index contributed by atoms with van der Waals surface area (Å²) >= 11 is 0. The predicted octanol–water partition coefficient (Wildman–Crippen LogP) is 3.50. The first-order valence-electron chi connectivity index (χ1n) is 7.74. The standard InChI is InChI=1S/C17H24N4O/c1-13(2)8-9-15-6-5-7-16(10-15)17(20-22-14(3)4)21-12-18-11-19-21/h5-7,10-14H,8-9H2,1-4H3/b20-17+. The third-order valence-electron chi connectivity index (χ3n) is 3.18. The highest BCUT2D eigenvalue weighted by atomic mass is 16.6. The zero-order valence-electron chi connectivity index (χ0n) is 13.7. The summed E-state index contributed by atoms with van der Waals surface area (Å²) in [4.78, 5) is 9.41. The van der Waals surface area contributed by atoms with E-state index in [-0.39, 0.29) is 6.10 Å². The van der Waals surface area contributed by atoms with Crippen LogP contribution in [0.1, 0.15) is 45.2 Å². The lowest BCUT2D eigenvalue weighted by molar-refractivity contribution is 0.0851. The molecule has 0 spiro atoms. The van der Waals surface area contributed by atoms with Crippen molar-refractivity contribution in [3.63, 3.8) is 0 Å². The summed E-state index contributed by atoms with van der Waals surface area (Å²) in [5.41, 5.74) is 2.27. The number of aromatic nitrogens is 3. The van der Waals surface area contributed by atoms with Gasteiger partial charge in [-0.05, 0) is 44.2 Å². The van der Waals surface area contributed by atoms with Crippen molar-refractivity contribution in [2.75, 3.05) is 0 Å². The van der Waals surface area contributed by atoms with E-state index in [1.807, 2.05) is 26.0 Å². The van der Waals surface area contributed by atoms with Gasteiger partial charge in [-0.2, -0.15) is 9.78 Å². The number of hydrogen-bond donors (Lipinski definition) is 0. The quantitative estimate of drug-likeness (QED) is 0.466. The molecule has 0 atom stereocenters. The monoisotopic (exact) mass is 300 g/mol. The van der Waals surface area contributed by atoms with Crippen molar-refractivity contribution < 1.29 is 4.84 Å². The van der Waals surface area contributed by atoms with Crippen molar-refractivity contribution in [3.05, 3.63) is 48.0 Å². The first kappa shape index (κ1) is 16.2. The van der Waals surface area contributed by atoms with Crippen LogP contribution in [0.25, 0.3) is 0 Å². The molecule has 1 heterocycles. The molecule has 0 saturated heterocycles. The van der Waals surface area contributed by atoms with E-state index in [0.717, 1.165) is 12.0 Å². The molecule has 5 nitrogen and oxygen atoms in total. The van der Waals surface area contributed by atoms with E-state index in [9.17, 15) is 0 Å². The maximum Gasteiger partial charge on any atom is 0.201 e. The summed E-state index contributed by atoms with van der Waals surface area (Å²) in [5, 5.41) is 8.42. The highest BCUT2D eigenvalue weighted by molar-refractivity contribution is 5.99. The van der Waals surface area contributed by atoms with Crippen LogP contribution in [-0.4, -0.2) is 26.7 Å². The Balaban J connectivity index is 2.27. The van der Waals surface area contributed by atoms with E-state index in [0.29, 0.717) is 11.8 Å². The van der Waals surface area contributed by atoms with Crippen LogP contribution in [-0.2, 0) is 11.3 Å². The molecule has 0 saturated carbocycles. The molecule has 2 rings (SSSR count). The number of benzene rings is 1. The van der Waals surface area contributed by atoms with Crippen LogP contribution in [0.15, 0.2) is 42.1 Å². The Morgan fingerprint density at radius 1 is 1.27 bits per heavy atom. The number of hydrogen-bond acceptors (Lipinski definition) is 4. The highest BCUT2D eigenvalue weighted by Crippen LogP contribution is 2.13. The fourth-order valence-corrected chi connectivity index (χ4v) is 2.02. The summed E-state index contributed by atoms with van der Waals surface area (Å²) in [6.07, 6.45) is 5.36. The maximum absolute atomic E-state index is 5.42. The van der Waals surface area contributed by atoms with Gasteiger partial charge in [0.15, 0.2) is 0 Å². The zero-order chi connectivity index (χ0) is 15.9. The van der Waals surface area contributed by atoms with Gasteiger partial charge in [-0.25, -0.2) is 4.98 Å². The van der Waals surface area contributed by atoms with Crippen LogP contribution in [0.5, 0.6) is 0 Å². The minimum absolute atomic E-state index is 0.0163. The molecule has 0 N–H and O–H groups in total. The predicted molar refractivity (Wildman–Crippen MR) is 87.8 cm³/mol. The lowest BCUT2D eigenvalue weighted by atomic mass is 10.0. The summed E-state index contributed by atoms with van der Waals surface area (Å²) in [6.45, 7) is 8.37. The fourth-order valence-electron chi connectivity index (χ4n) is 2.02. The number of oxime groups is 1. The van der Waals surface area contributed by atoms with Crippen LogP contribution in [0.2, 0.25) is 0 Å². The third kappa shape index (κ3) is 4.69. The smallest absolute Gasteiger partial charge is 0.201 e. The van der Waals surface area contributed by atoms with E-state index >= 15 is 0 Å². The van der Waals surface area contributed by atoms with Gasteiger partial charge in [0.2, 0.25) is 5.84 Å². The minimum Gasteiger partial charge on any atom is -0.391 e. The highest BCUT2D eigenvalue weighted by Gasteiger charge is 2.10.